The van der Waals surface area contributed by atoms with Crippen LogP contribution in [0.5, 0.6) is 0 Å². The molecule has 2 aromatic heterocycles. The first-order valence-corrected chi connectivity index (χ1v) is 9.85. The van der Waals surface area contributed by atoms with Gasteiger partial charge in [0.05, 0.1) is 23.7 Å². The SMILES string of the molecule is Cc1ccc(-n2ncc3c(C)nn(CC(=O)NC[C@@H]4CCCO4)c(=O)c32)cc1C. The molecule has 0 radical (unpaired) electrons. The van der Waals surface area contributed by atoms with E-state index in [-0.39, 0.29) is 24.1 Å². The lowest BCUT2D eigenvalue weighted by atomic mass is 10.1. The van der Waals surface area contributed by atoms with Crippen LogP contribution in [0.2, 0.25) is 0 Å². The summed E-state index contributed by atoms with van der Waals surface area (Å²) < 4.78 is 8.35. The van der Waals surface area contributed by atoms with Crippen LogP contribution in [0.1, 0.15) is 29.7 Å². The Hall–Kier alpha value is -3.00. The van der Waals surface area contributed by atoms with Crippen molar-refractivity contribution in [2.75, 3.05) is 13.2 Å². The van der Waals surface area contributed by atoms with Crippen LogP contribution in [0.3, 0.4) is 0 Å². The van der Waals surface area contributed by atoms with Crippen molar-refractivity contribution >= 4 is 16.8 Å². The molecule has 152 valence electrons. The molecule has 29 heavy (non-hydrogen) atoms. The van der Waals surface area contributed by atoms with E-state index in [1.165, 1.54) is 10.2 Å². The highest BCUT2D eigenvalue weighted by atomic mass is 16.5. The third-order valence-corrected chi connectivity index (χ3v) is 5.45. The molecule has 1 atom stereocenters. The summed E-state index contributed by atoms with van der Waals surface area (Å²) >= 11 is 0. The largest absolute Gasteiger partial charge is 0.376 e. The van der Waals surface area contributed by atoms with Gasteiger partial charge in [-0.05, 0) is 56.9 Å². The lowest BCUT2D eigenvalue weighted by molar-refractivity contribution is -0.122. The Bertz CT molecular complexity index is 1130. The number of amides is 1. The number of carbonyl (C=O) groups excluding carboxylic acids is 1. The van der Waals surface area contributed by atoms with Gasteiger partial charge in [-0.15, -0.1) is 0 Å². The minimum Gasteiger partial charge on any atom is -0.376 e. The van der Waals surface area contributed by atoms with E-state index in [0.29, 0.717) is 23.1 Å². The highest BCUT2D eigenvalue weighted by Gasteiger charge is 2.19. The van der Waals surface area contributed by atoms with Gasteiger partial charge in [-0.3, -0.25) is 9.59 Å². The number of benzene rings is 1. The van der Waals surface area contributed by atoms with E-state index in [1.54, 1.807) is 10.9 Å². The summed E-state index contributed by atoms with van der Waals surface area (Å²) in [5.74, 6) is -0.258. The topological polar surface area (TPSA) is 91.0 Å². The standard InChI is InChI=1S/C21H25N5O3/c1-13-6-7-16(9-14(13)2)26-20-18(11-23-26)15(3)24-25(21(20)28)12-19(27)22-10-17-5-4-8-29-17/h6-7,9,11,17H,4-5,8,10,12H2,1-3H3,(H,22,27)/t17-/m0/s1. The number of hydrogen-bond acceptors (Lipinski definition) is 5. The molecule has 1 aliphatic heterocycles. The van der Waals surface area contributed by atoms with Crippen LogP contribution >= 0.6 is 0 Å². The van der Waals surface area contributed by atoms with Gasteiger partial charge in [-0.25, -0.2) is 9.36 Å². The van der Waals surface area contributed by atoms with E-state index >= 15 is 0 Å². The fourth-order valence-electron chi connectivity index (χ4n) is 3.61. The smallest absolute Gasteiger partial charge is 0.293 e. The molecule has 0 spiro atoms. The summed E-state index contributed by atoms with van der Waals surface area (Å²) in [6.45, 7) is 6.93. The van der Waals surface area contributed by atoms with E-state index in [0.717, 1.165) is 30.7 Å². The van der Waals surface area contributed by atoms with Crippen molar-refractivity contribution in [3.8, 4) is 5.69 Å². The maximum absolute atomic E-state index is 13.1. The molecule has 3 heterocycles. The van der Waals surface area contributed by atoms with Crippen molar-refractivity contribution in [3.05, 3.63) is 51.6 Å². The van der Waals surface area contributed by atoms with Gasteiger partial charge in [0.1, 0.15) is 12.1 Å². The summed E-state index contributed by atoms with van der Waals surface area (Å²) in [5, 5.41) is 12.3. The van der Waals surface area contributed by atoms with Crippen LogP contribution in [0, 0.1) is 20.8 Å². The Morgan fingerprint density at radius 3 is 2.83 bits per heavy atom. The molecule has 1 fully saturated rings. The molecule has 1 aliphatic rings. The van der Waals surface area contributed by atoms with Crippen molar-refractivity contribution < 1.29 is 9.53 Å². The Morgan fingerprint density at radius 2 is 2.10 bits per heavy atom. The minimum absolute atomic E-state index is 0.0547. The van der Waals surface area contributed by atoms with Crippen LogP contribution in [0.15, 0.2) is 29.2 Å². The molecule has 0 bridgehead atoms. The van der Waals surface area contributed by atoms with Crippen molar-refractivity contribution in [1.29, 1.82) is 0 Å². The van der Waals surface area contributed by atoms with Crippen molar-refractivity contribution in [1.82, 2.24) is 24.9 Å². The number of aromatic nitrogens is 4. The fraction of sp³-hybridized carbons (Fsp3) is 0.429. The number of fused-ring (bicyclic) bond motifs is 1. The average Bonchev–Trinajstić information content (AvgIpc) is 3.36. The molecule has 1 amide bonds. The lowest BCUT2D eigenvalue weighted by Gasteiger charge is -2.12. The number of nitrogens with one attached hydrogen (secondary N) is 1. The van der Waals surface area contributed by atoms with Gasteiger partial charge >= 0.3 is 0 Å². The molecule has 0 saturated carbocycles. The van der Waals surface area contributed by atoms with Crippen molar-refractivity contribution in [2.45, 2.75) is 46.3 Å². The molecular weight excluding hydrogens is 370 g/mol. The second kappa shape index (κ2) is 7.79. The normalized spacial score (nSPS) is 16.4. The molecule has 1 saturated heterocycles. The first-order valence-electron chi connectivity index (χ1n) is 9.85. The zero-order valence-corrected chi connectivity index (χ0v) is 16.9. The summed E-state index contributed by atoms with van der Waals surface area (Å²) in [6, 6.07) is 5.93. The van der Waals surface area contributed by atoms with Gasteiger partial charge in [0.2, 0.25) is 5.91 Å². The van der Waals surface area contributed by atoms with Crippen LogP contribution in [-0.2, 0) is 16.1 Å². The number of aryl methyl sites for hydroxylation is 3. The van der Waals surface area contributed by atoms with Gasteiger partial charge in [-0.1, -0.05) is 6.07 Å². The van der Waals surface area contributed by atoms with Crippen LogP contribution in [0.25, 0.3) is 16.6 Å². The van der Waals surface area contributed by atoms with Crippen LogP contribution in [0.4, 0.5) is 0 Å². The highest BCUT2D eigenvalue weighted by Crippen LogP contribution is 2.19. The number of carbonyl (C=O) groups is 1. The number of hydrogen-bond donors (Lipinski definition) is 1. The van der Waals surface area contributed by atoms with Crippen molar-refractivity contribution in [2.24, 2.45) is 0 Å². The molecule has 8 heteroatoms. The van der Waals surface area contributed by atoms with Gasteiger partial charge in [0.25, 0.3) is 5.56 Å². The van der Waals surface area contributed by atoms with Gasteiger partial charge in [-0.2, -0.15) is 10.2 Å². The first-order chi connectivity index (χ1) is 13.9. The number of nitrogens with zero attached hydrogens (tertiary/aromatic N) is 4. The fourth-order valence-corrected chi connectivity index (χ4v) is 3.61. The zero-order chi connectivity index (χ0) is 20.5. The quantitative estimate of drug-likeness (QED) is 0.711. The highest BCUT2D eigenvalue weighted by molar-refractivity contribution is 5.82. The lowest BCUT2D eigenvalue weighted by Crippen LogP contribution is -2.37. The molecule has 0 unspecified atom stereocenters. The molecule has 3 aromatic rings. The van der Waals surface area contributed by atoms with E-state index in [4.69, 9.17) is 4.74 Å². The summed E-state index contributed by atoms with van der Waals surface area (Å²) in [7, 11) is 0. The van der Waals surface area contributed by atoms with Gasteiger partial charge in [0, 0.05) is 18.5 Å². The molecule has 0 aliphatic carbocycles. The molecule has 4 rings (SSSR count). The second-order valence-corrected chi connectivity index (χ2v) is 7.57. The van der Waals surface area contributed by atoms with Crippen LogP contribution < -0.4 is 10.9 Å². The minimum atomic E-state index is -0.339. The Balaban J connectivity index is 1.65. The number of rotatable bonds is 5. The molecule has 1 N–H and O–H groups in total. The van der Waals surface area contributed by atoms with Crippen molar-refractivity contribution in [3.63, 3.8) is 0 Å². The molecule has 8 nitrogen and oxygen atoms in total. The van der Waals surface area contributed by atoms with Crippen LogP contribution in [-0.4, -0.2) is 44.7 Å². The maximum Gasteiger partial charge on any atom is 0.293 e. The maximum atomic E-state index is 13.1. The predicted octanol–water partition coefficient (Wildman–Crippen LogP) is 1.80. The number of ether oxygens (including phenoxy) is 1. The Kier molecular flexibility index (Phi) is 5.19. The Morgan fingerprint density at radius 1 is 1.28 bits per heavy atom. The van der Waals surface area contributed by atoms with E-state index < -0.39 is 0 Å². The first kappa shape index (κ1) is 19.3. The third-order valence-electron chi connectivity index (χ3n) is 5.45. The Labute approximate surface area is 168 Å². The molecule has 1 aromatic carbocycles. The van der Waals surface area contributed by atoms with E-state index in [2.05, 4.69) is 15.5 Å². The molecular formula is C21H25N5O3. The second-order valence-electron chi connectivity index (χ2n) is 7.57. The van der Waals surface area contributed by atoms with E-state index in [9.17, 15) is 9.59 Å². The average molecular weight is 395 g/mol. The van der Waals surface area contributed by atoms with Gasteiger partial charge < -0.3 is 10.1 Å². The summed E-state index contributed by atoms with van der Waals surface area (Å²) in [4.78, 5) is 25.5. The monoisotopic (exact) mass is 395 g/mol. The summed E-state index contributed by atoms with van der Waals surface area (Å²) in [6.07, 6.45) is 3.66. The third kappa shape index (κ3) is 3.80. The predicted molar refractivity (Wildman–Crippen MR) is 109 cm³/mol. The van der Waals surface area contributed by atoms with Gasteiger partial charge in [0.15, 0.2) is 0 Å². The summed E-state index contributed by atoms with van der Waals surface area (Å²) in [5.41, 5.74) is 3.83. The zero-order valence-electron chi connectivity index (χ0n) is 16.9. The van der Waals surface area contributed by atoms with E-state index in [1.807, 2.05) is 39.0 Å².